The molecule has 1 N–H and O–H groups in total. The maximum Gasteiger partial charge on any atom is 0.154 e. The van der Waals surface area contributed by atoms with E-state index in [0.29, 0.717) is 5.92 Å². The molecule has 1 aliphatic carbocycles. The third-order valence-electron chi connectivity index (χ3n) is 7.03. The standard InChI is InChI=1S/C27H36OSi/c1-4-5-21-27(28,23(2)22-24-15-9-6-10-16-24)29(3,25-17-11-7-12-18-25)26-19-13-8-14-20-26/h4,7-8,11-14,17-20,22,24,28H,1,5-6,9-10,15-16,21H2,2-3H3/b23-22+. The molecule has 1 atom stereocenters. The predicted molar refractivity (Wildman–Crippen MR) is 128 cm³/mol. The van der Waals surface area contributed by atoms with Crippen LogP contribution in [0.1, 0.15) is 51.9 Å². The molecule has 0 bridgehead atoms. The second kappa shape index (κ2) is 9.73. The lowest BCUT2D eigenvalue weighted by molar-refractivity contribution is 0.145. The largest absolute Gasteiger partial charge is 0.388 e. The van der Waals surface area contributed by atoms with Crippen molar-refractivity contribution in [3.05, 3.63) is 85.0 Å². The zero-order valence-corrected chi connectivity index (χ0v) is 19.1. The van der Waals surface area contributed by atoms with Crippen LogP contribution in [0.4, 0.5) is 0 Å². The molecule has 0 aliphatic heterocycles. The Kier molecular flexibility index (Phi) is 7.32. The van der Waals surface area contributed by atoms with Gasteiger partial charge in [-0.2, -0.15) is 0 Å². The van der Waals surface area contributed by atoms with Crippen LogP contribution in [0.2, 0.25) is 6.55 Å². The number of rotatable bonds is 8. The minimum atomic E-state index is -2.50. The van der Waals surface area contributed by atoms with Crippen LogP contribution in [0.15, 0.2) is 85.0 Å². The van der Waals surface area contributed by atoms with Crippen LogP contribution in [0, 0.1) is 5.92 Å². The first kappa shape index (κ1) is 21.8. The van der Waals surface area contributed by atoms with Crippen LogP contribution < -0.4 is 10.4 Å². The van der Waals surface area contributed by atoms with Gasteiger partial charge in [-0.1, -0.05) is 109 Å². The third-order valence-corrected chi connectivity index (χ3v) is 12.3. The fourth-order valence-corrected chi connectivity index (χ4v) is 9.65. The van der Waals surface area contributed by atoms with Crippen molar-refractivity contribution in [3.63, 3.8) is 0 Å². The van der Waals surface area contributed by atoms with Crippen LogP contribution >= 0.6 is 0 Å². The van der Waals surface area contributed by atoms with Gasteiger partial charge in [0.05, 0.1) is 5.22 Å². The Bertz CT molecular complexity index is 765. The highest BCUT2D eigenvalue weighted by Crippen LogP contribution is 2.36. The van der Waals surface area contributed by atoms with Gasteiger partial charge >= 0.3 is 0 Å². The maximum absolute atomic E-state index is 12.5. The SMILES string of the molecule is C=CCCC(O)(/C(C)=C/C1CCCCC1)[Si](C)(c1ccccc1)c1ccccc1. The smallest absolute Gasteiger partial charge is 0.154 e. The van der Waals surface area contributed by atoms with Crippen molar-refractivity contribution in [1.82, 2.24) is 0 Å². The van der Waals surface area contributed by atoms with Gasteiger partial charge in [-0.05, 0) is 44.1 Å². The summed E-state index contributed by atoms with van der Waals surface area (Å²) in [6.45, 7) is 8.47. The normalized spacial score (nSPS) is 18.2. The molecule has 2 aromatic carbocycles. The van der Waals surface area contributed by atoms with Crippen molar-refractivity contribution < 1.29 is 5.11 Å². The Labute approximate surface area is 178 Å². The summed E-state index contributed by atoms with van der Waals surface area (Å²) in [5.41, 5.74) is 1.16. The Morgan fingerprint density at radius 1 is 1.00 bits per heavy atom. The van der Waals surface area contributed by atoms with E-state index in [4.69, 9.17) is 0 Å². The van der Waals surface area contributed by atoms with E-state index in [-0.39, 0.29) is 0 Å². The highest BCUT2D eigenvalue weighted by Gasteiger charge is 2.52. The minimum Gasteiger partial charge on any atom is -0.388 e. The molecule has 1 aliphatic rings. The molecule has 0 spiro atoms. The second-order valence-corrected chi connectivity index (χ2v) is 13.0. The molecule has 154 valence electrons. The predicted octanol–water partition coefficient (Wildman–Crippen LogP) is 5.64. The molecule has 29 heavy (non-hydrogen) atoms. The first-order valence-corrected chi connectivity index (χ1v) is 13.7. The number of hydrogen-bond donors (Lipinski definition) is 1. The molecule has 1 nitrogen and oxygen atoms in total. The van der Waals surface area contributed by atoms with E-state index in [2.05, 4.69) is 86.8 Å². The molecule has 3 rings (SSSR count). The van der Waals surface area contributed by atoms with E-state index in [1.807, 2.05) is 6.08 Å². The van der Waals surface area contributed by atoms with Crippen molar-refractivity contribution in [2.24, 2.45) is 5.92 Å². The molecule has 2 heteroatoms. The molecule has 1 fully saturated rings. The van der Waals surface area contributed by atoms with Gasteiger partial charge in [-0.15, -0.1) is 6.58 Å². The summed E-state index contributed by atoms with van der Waals surface area (Å²) in [6, 6.07) is 21.4. The van der Waals surface area contributed by atoms with Crippen LogP contribution in [0.3, 0.4) is 0 Å². The van der Waals surface area contributed by atoms with Gasteiger partial charge in [0, 0.05) is 0 Å². The second-order valence-electron chi connectivity index (χ2n) is 8.79. The van der Waals surface area contributed by atoms with Crippen LogP contribution in [-0.4, -0.2) is 18.4 Å². The molecule has 0 saturated heterocycles. The van der Waals surface area contributed by atoms with Gasteiger partial charge in [0.25, 0.3) is 0 Å². The topological polar surface area (TPSA) is 20.2 Å². The quantitative estimate of drug-likeness (QED) is 0.446. The molecule has 2 aromatic rings. The first-order chi connectivity index (χ1) is 14.0. The number of hydrogen-bond acceptors (Lipinski definition) is 1. The molecule has 1 saturated carbocycles. The van der Waals surface area contributed by atoms with Crippen LogP contribution in [0.5, 0.6) is 0 Å². The number of benzene rings is 2. The summed E-state index contributed by atoms with van der Waals surface area (Å²) < 4.78 is 0. The van der Waals surface area contributed by atoms with Gasteiger partial charge in [0.1, 0.15) is 0 Å². The summed E-state index contributed by atoms with van der Waals surface area (Å²) in [4.78, 5) is 0. The summed E-state index contributed by atoms with van der Waals surface area (Å²) in [5, 5.41) is 14.2. The lowest BCUT2D eigenvalue weighted by atomic mass is 9.87. The fraction of sp³-hybridized carbons (Fsp3) is 0.407. The fourth-order valence-electron chi connectivity index (χ4n) is 5.13. The van der Waals surface area contributed by atoms with Crippen LogP contribution in [-0.2, 0) is 0 Å². The van der Waals surface area contributed by atoms with Crippen LogP contribution in [0.25, 0.3) is 0 Å². The molecule has 0 aromatic heterocycles. The first-order valence-electron chi connectivity index (χ1n) is 11.2. The molecular weight excluding hydrogens is 368 g/mol. The molecule has 0 radical (unpaired) electrons. The van der Waals surface area contributed by atoms with Gasteiger partial charge in [-0.3, -0.25) is 0 Å². The molecule has 0 heterocycles. The van der Waals surface area contributed by atoms with Gasteiger partial charge in [0.2, 0.25) is 0 Å². The number of allylic oxidation sites excluding steroid dienone is 2. The van der Waals surface area contributed by atoms with E-state index in [1.54, 1.807) is 0 Å². The van der Waals surface area contributed by atoms with Crippen molar-refractivity contribution in [2.75, 3.05) is 0 Å². The van der Waals surface area contributed by atoms with Gasteiger partial charge in [0.15, 0.2) is 8.07 Å². The van der Waals surface area contributed by atoms with E-state index < -0.39 is 13.3 Å². The molecule has 1 unspecified atom stereocenters. The van der Waals surface area contributed by atoms with E-state index in [1.165, 1.54) is 42.5 Å². The Morgan fingerprint density at radius 3 is 2.00 bits per heavy atom. The monoisotopic (exact) mass is 404 g/mol. The van der Waals surface area contributed by atoms with E-state index in [0.717, 1.165) is 18.4 Å². The van der Waals surface area contributed by atoms with E-state index in [9.17, 15) is 5.11 Å². The maximum atomic E-state index is 12.5. The van der Waals surface area contributed by atoms with Crippen molar-refractivity contribution in [2.45, 2.75) is 63.6 Å². The minimum absolute atomic E-state index is 0.601. The third kappa shape index (κ3) is 4.49. The summed E-state index contributed by atoms with van der Waals surface area (Å²) >= 11 is 0. The van der Waals surface area contributed by atoms with Crippen molar-refractivity contribution >= 4 is 18.4 Å². The number of aliphatic hydroxyl groups is 1. The summed E-state index contributed by atoms with van der Waals surface area (Å²) in [5.74, 6) is 0.601. The molecular formula is C27H36OSi. The average molecular weight is 405 g/mol. The highest BCUT2D eigenvalue weighted by molar-refractivity contribution is 7.03. The van der Waals surface area contributed by atoms with Crippen molar-refractivity contribution in [1.29, 1.82) is 0 Å². The lowest BCUT2D eigenvalue weighted by Gasteiger charge is -2.46. The lowest BCUT2D eigenvalue weighted by Crippen LogP contribution is -2.72. The zero-order valence-electron chi connectivity index (χ0n) is 18.1. The zero-order chi connectivity index (χ0) is 20.7. The van der Waals surface area contributed by atoms with Gasteiger partial charge in [-0.25, -0.2) is 0 Å². The Hall–Kier alpha value is -1.90. The van der Waals surface area contributed by atoms with Crippen molar-refractivity contribution in [3.8, 4) is 0 Å². The van der Waals surface area contributed by atoms with E-state index >= 15 is 0 Å². The summed E-state index contributed by atoms with van der Waals surface area (Å²) in [7, 11) is -2.50. The molecule has 0 amide bonds. The van der Waals surface area contributed by atoms with Gasteiger partial charge < -0.3 is 5.11 Å². The Morgan fingerprint density at radius 2 is 1.52 bits per heavy atom. The highest BCUT2D eigenvalue weighted by atomic mass is 28.3. The average Bonchev–Trinajstić information content (AvgIpc) is 2.78. The Balaban J connectivity index is 2.15. The summed E-state index contributed by atoms with van der Waals surface area (Å²) in [6.07, 6.45) is 12.4.